The van der Waals surface area contributed by atoms with Crippen LogP contribution in [0, 0.1) is 17.5 Å². The second-order valence-electron chi connectivity index (χ2n) is 6.27. The van der Waals surface area contributed by atoms with Crippen LogP contribution in [0.1, 0.15) is 5.56 Å². The molecule has 0 aliphatic carbocycles. The second-order valence-corrected chi connectivity index (χ2v) is 6.71. The molecule has 0 saturated carbocycles. The Morgan fingerprint density at radius 1 is 0.963 bits per heavy atom. The fraction of sp³-hybridized carbons (Fsp3) is 0.316. The lowest BCUT2D eigenvalue weighted by Crippen LogP contribution is -2.49. The Morgan fingerprint density at radius 3 is 2.26 bits per heavy atom. The van der Waals surface area contributed by atoms with E-state index in [1.807, 2.05) is 24.3 Å². The van der Waals surface area contributed by atoms with E-state index in [1.165, 1.54) is 0 Å². The maximum Gasteiger partial charge on any atom is 0.260 e. The summed E-state index contributed by atoms with van der Waals surface area (Å²) in [6.45, 7) is 2.73. The molecule has 144 valence electrons. The standard InChI is InChI=1S/C19H18ClF3N2O2/c20-14-3-1-13(2-4-14)11-24-5-7-25(8-6-24)19(26)12-27-18-10-16(22)15(21)9-17(18)23/h1-4,9-10H,5-8,11-12H2. The van der Waals surface area contributed by atoms with E-state index in [2.05, 4.69) is 4.90 Å². The molecule has 1 amide bonds. The molecule has 2 aromatic rings. The summed E-state index contributed by atoms with van der Waals surface area (Å²) in [6.07, 6.45) is 0. The Hall–Kier alpha value is -2.25. The van der Waals surface area contributed by atoms with E-state index in [1.54, 1.807) is 4.90 Å². The van der Waals surface area contributed by atoms with Gasteiger partial charge in [-0.3, -0.25) is 9.69 Å². The molecule has 2 aromatic carbocycles. The van der Waals surface area contributed by atoms with Gasteiger partial charge in [-0.25, -0.2) is 13.2 Å². The normalized spacial score (nSPS) is 15.0. The molecule has 0 spiro atoms. The first-order chi connectivity index (χ1) is 12.9. The molecule has 0 radical (unpaired) electrons. The third-order valence-electron chi connectivity index (χ3n) is 4.37. The summed E-state index contributed by atoms with van der Waals surface area (Å²) in [7, 11) is 0. The van der Waals surface area contributed by atoms with Gasteiger partial charge in [0.05, 0.1) is 0 Å². The van der Waals surface area contributed by atoms with Crippen molar-refractivity contribution >= 4 is 17.5 Å². The highest BCUT2D eigenvalue weighted by Gasteiger charge is 2.22. The lowest BCUT2D eigenvalue weighted by Gasteiger charge is -2.34. The zero-order valence-electron chi connectivity index (χ0n) is 14.4. The van der Waals surface area contributed by atoms with E-state index >= 15 is 0 Å². The number of rotatable bonds is 5. The number of piperazine rings is 1. The number of nitrogens with zero attached hydrogens (tertiary/aromatic N) is 2. The van der Waals surface area contributed by atoms with Crippen LogP contribution in [0.5, 0.6) is 5.75 Å². The number of carbonyl (C=O) groups is 1. The lowest BCUT2D eigenvalue weighted by molar-refractivity contribution is -0.135. The average Bonchev–Trinajstić information content (AvgIpc) is 2.66. The van der Waals surface area contributed by atoms with Crippen molar-refractivity contribution in [3.8, 4) is 5.75 Å². The van der Waals surface area contributed by atoms with Crippen molar-refractivity contribution in [2.24, 2.45) is 0 Å². The molecule has 8 heteroatoms. The highest BCUT2D eigenvalue weighted by molar-refractivity contribution is 6.30. The Balaban J connectivity index is 1.47. The van der Waals surface area contributed by atoms with E-state index < -0.39 is 29.8 Å². The van der Waals surface area contributed by atoms with Crippen molar-refractivity contribution in [2.45, 2.75) is 6.54 Å². The van der Waals surface area contributed by atoms with Crippen LogP contribution in [-0.2, 0) is 11.3 Å². The van der Waals surface area contributed by atoms with Crippen molar-refractivity contribution < 1.29 is 22.7 Å². The molecule has 0 bridgehead atoms. The summed E-state index contributed by atoms with van der Waals surface area (Å²) in [5.41, 5.74) is 1.14. The molecular formula is C19H18ClF3N2O2. The Bertz CT molecular complexity index is 809. The van der Waals surface area contributed by atoms with Crippen molar-refractivity contribution in [2.75, 3.05) is 32.8 Å². The first kappa shape index (κ1) is 19.5. The van der Waals surface area contributed by atoms with Gasteiger partial charge in [0.25, 0.3) is 5.91 Å². The molecule has 1 saturated heterocycles. The summed E-state index contributed by atoms with van der Waals surface area (Å²) in [5.74, 6) is -4.39. The predicted molar refractivity (Wildman–Crippen MR) is 95.1 cm³/mol. The van der Waals surface area contributed by atoms with Gasteiger partial charge in [0.15, 0.2) is 29.8 Å². The zero-order valence-corrected chi connectivity index (χ0v) is 15.2. The van der Waals surface area contributed by atoms with Crippen LogP contribution < -0.4 is 4.74 Å². The zero-order chi connectivity index (χ0) is 19.4. The van der Waals surface area contributed by atoms with Crippen molar-refractivity contribution in [1.82, 2.24) is 9.80 Å². The second kappa shape index (κ2) is 8.63. The van der Waals surface area contributed by atoms with E-state index in [9.17, 15) is 18.0 Å². The van der Waals surface area contributed by atoms with Crippen LogP contribution in [0.25, 0.3) is 0 Å². The topological polar surface area (TPSA) is 32.8 Å². The SMILES string of the molecule is O=C(COc1cc(F)c(F)cc1F)N1CCN(Cc2ccc(Cl)cc2)CC1. The lowest BCUT2D eigenvalue weighted by atomic mass is 10.2. The molecule has 0 atom stereocenters. The largest absolute Gasteiger partial charge is 0.481 e. The van der Waals surface area contributed by atoms with Gasteiger partial charge < -0.3 is 9.64 Å². The molecule has 1 aliphatic rings. The summed E-state index contributed by atoms with van der Waals surface area (Å²) in [4.78, 5) is 16.0. The molecule has 3 rings (SSSR count). The number of ether oxygens (including phenoxy) is 1. The van der Waals surface area contributed by atoms with Gasteiger partial charge >= 0.3 is 0 Å². The third-order valence-corrected chi connectivity index (χ3v) is 4.62. The smallest absolute Gasteiger partial charge is 0.260 e. The minimum absolute atomic E-state index is 0.328. The summed E-state index contributed by atoms with van der Waals surface area (Å²) in [5, 5.41) is 0.687. The molecule has 27 heavy (non-hydrogen) atoms. The van der Waals surface area contributed by atoms with Gasteiger partial charge in [-0.05, 0) is 17.7 Å². The number of hydrogen-bond acceptors (Lipinski definition) is 3. The average molecular weight is 399 g/mol. The van der Waals surface area contributed by atoms with E-state index in [0.29, 0.717) is 43.3 Å². The van der Waals surface area contributed by atoms with Gasteiger partial charge in [-0.1, -0.05) is 23.7 Å². The molecule has 1 aliphatic heterocycles. The molecular weight excluding hydrogens is 381 g/mol. The Kier molecular flexibility index (Phi) is 6.23. The monoisotopic (exact) mass is 398 g/mol. The summed E-state index contributed by atoms with van der Waals surface area (Å²) < 4.78 is 44.6. The fourth-order valence-corrected chi connectivity index (χ4v) is 2.98. The van der Waals surface area contributed by atoms with Gasteiger partial charge in [0, 0.05) is 49.9 Å². The highest BCUT2D eigenvalue weighted by Crippen LogP contribution is 2.21. The Labute approximate surface area is 160 Å². The molecule has 1 fully saturated rings. The van der Waals surface area contributed by atoms with Crippen LogP contribution in [0.4, 0.5) is 13.2 Å². The predicted octanol–water partition coefficient (Wildman–Crippen LogP) is 3.48. The van der Waals surface area contributed by atoms with Crippen molar-refractivity contribution in [3.05, 3.63) is 64.4 Å². The first-order valence-corrected chi connectivity index (χ1v) is 8.82. The van der Waals surface area contributed by atoms with Crippen LogP contribution in [0.15, 0.2) is 36.4 Å². The summed E-state index contributed by atoms with van der Waals surface area (Å²) >= 11 is 5.88. The van der Waals surface area contributed by atoms with Gasteiger partial charge in [0.1, 0.15) is 0 Å². The van der Waals surface area contributed by atoms with Crippen LogP contribution in [0.3, 0.4) is 0 Å². The van der Waals surface area contributed by atoms with Gasteiger partial charge in [-0.15, -0.1) is 0 Å². The molecule has 0 unspecified atom stereocenters. The molecule has 1 heterocycles. The fourth-order valence-electron chi connectivity index (χ4n) is 2.85. The number of hydrogen-bond donors (Lipinski definition) is 0. The maximum absolute atomic E-state index is 13.5. The van der Waals surface area contributed by atoms with Crippen LogP contribution in [0.2, 0.25) is 5.02 Å². The van der Waals surface area contributed by atoms with E-state index in [-0.39, 0.29) is 5.91 Å². The van der Waals surface area contributed by atoms with Crippen molar-refractivity contribution in [1.29, 1.82) is 0 Å². The maximum atomic E-state index is 13.5. The number of benzene rings is 2. The number of amides is 1. The van der Waals surface area contributed by atoms with Gasteiger partial charge in [-0.2, -0.15) is 0 Å². The molecule has 0 N–H and O–H groups in total. The van der Waals surface area contributed by atoms with E-state index in [0.717, 1.165) is 12.1 Å². The molecule has 4 nitrogen and oxygen atoms in total. The Morgan fingerprint density at radius 2 is 1.59 bits per heavy atom. The summed E-state index contributed by atoms with van der Waals surface area (Å²) in [6, 6.07) is 8.59. The number of carbonyl (C=O) groups excluding carboxylic acids is 1. The third kappa shape index (κ3) is 5.14. The quantitative estimate of drug-likeness (QED) is 0.723. The number of halogens is 4. The minimum atomic E-state index is -1.30. The van der Waals surface area contributed by atoms with Crippen molar-refractivity contribution in [3.63, 3.8) is 0 Å². The minimum Gasteiger partial charge on any atom is -0.481 e. The molecule has 0 aromatic heterocycles. The van der Waals surface area contributed by atoms with Crippen LogP contribution in [-0.4, -0.2) is 48.5 Å². The highest BCUT2D eigenvalue weighted by atomic mass is 35.5. The van der Waals surface area contributed by atoms with E-state index in [4.69, 9.17) is 16.3 Å². The van der Waals surface area contributed by atoms with Gasteiger partial charge in [0.2, 0.25) is 0 Å². The first-order valence-electron chi connectivity index (χ1n) is 8.44. The van der Waals surface area contributed by atoms with Crippen LogP contribution >= 0.6 is 11.6 Å².